The Morgan fingerprint density at radius 1 is 1.31 bits per heavy atom. The highest BCUT2D eigenvalue weighted by molar-refractivity contribution is 5.54. The largest absolute Gasteiger partial charge is 0.303 e. The van der Waals surface area contributed by atoms with E-state index in [4.69, 9.17) is 0 Å². The van der Waals surface area contributed by atoms with Gasteiger partial charge in [0.2, 0.25) is 0 Å². The first-order chi connectivity index (χ1) is 6.31. The van der Waals surface area contributed by atoms with Crippen LogP contribution in [0.5, 0.6) is 0 Å². The first-order valence-electron chi connectivity index (χ1n) is 5.07. The molecule has 0 unspecified atom stereocenters. The first-order valence-corrected chi connectivity index (χ1v) is 5.07. The van der Waals surface area contributed by atoms with Crippen molar-refractivity contribution in [2.24, 2.45) is 0 Å². The van der Waals surface area contributed by atoms with E-state index in [-0.39, 0.29) is 0 Å². The Morgan fingerprint density at radius 2 is 2.08 bits per heavy atom. The lowest BCUT2D eigenvalue weighted by Gasteiger charge is -1.91. The third-order valence-corrected chi connectivity index (χ3v) is 1.90. The van der Waals surface area contributed by atoms with Gasteiger partial charge in [-0.3, -0.25) is 0 Å². The minimum Gasteiger partial charge on any atom is -0.303 e. The summed E-state index contributed by atoms with van der Waals surface area (Å²) in [7, 11) is 0. The Kier molecular flexibility index (Phi) is 8.64. The van der Waals surface area contributed by atoms with Crippen LogP contribution < -0.4 is 0 Å². The highest BCUT2D eigenvalue weighted by Gasteiger charge is 1.83. The Labute approximate surface area is 81.5 Å². The van der Waals surface area contributed by atoms with Crippen molar-refractivity contribution in [1.29, 1.82) is 0 Å². The van der Waals surface area contributed by atoms with E-state index in [2.05, 4.69) is 19.1 Å². The van der Waals surface area contributed by atoms with E-state index in [0.29, 0.717) is 6.42 Å². The molecule has 1 heteroatoms. The van der Waals surface area contributed by atoms with Gasteiger partial charge in [0.1, 0.15) is 6.29 Å². The zero-order valence-electron chi connectivity index (χ0n) is 8.75. The van der Waals surface area contributed by atoms with Crippen LogP contribution in [-0.4, -0.2) is 6.29 Å². The molecule has 0 aliphatic heterocycles. The van der Waals surface area contributed by atoms with E-state index in [0.717, 1.165) is 18.3 Å². The van der Waals surface area contributed by atoms with E-state index in [1.807, 2.05) is 13.0 Å². The number of hydrogen-bond acceptors (Lipinski definition) is 1. The molecule has 0 amide bonds. The number of hydrogen-bond donors (Lipinski definition) is 0. The van der Waals surface area contributed by atoms with Gasteiger partial charge in [-0.1, -0.05) is 43.6 Å². The lowest BCUT2D eigenvalue weighted by Crippen LogP contribution is -1.76. The van der Waals surface area contributed by atoms with Crippen LogP contribution in [0.15, 0.2) is 23.8 Å². The molecule has 0 aromatic heterocycles. The second-order valence-electron chi connectivity index (χ2n) is 3.31. The summed E-state index contributed by atoms with van der Waals surface area (Å²) in [4.78, 5) is 10.1. The maximum atomic E-state index is 10.1. The van der Waals surface area contributed by atoms with Crippen LogP contribution in [0.25, 0.3) is 0 Å². The van der Waals surface area contributed by atoms with Gasteiger partial charge in [-0.2, -0.15) is 0 Å². The van der Waals surface area contributed by atoms with Gasteiger partial charge >= 0.3 is 0 Å². The normalized spacial score (nSPS) is 12.3. The average Bonchev–Trinajstić information content (AvgIpc) is 2.11. The fraction of sp³-hybridized carbons (Fsp3) is 0.583. The molecule has 0 spiro atoms. The number of unbranched alkanes of at least 4 members (excludes halogenated alkanes) is 3. The Bertz CT molecular complexity index is 178. The first kappa shape index (κ1) is 12.2. The van der Waals surface area contributed by atoms with Gasteiger partial charge < -0.3 is 4.79 Å². The zero-order chi connectivity index (χ0) is 9.94. The van der Waals surface area contributed by atoms with Crippen LogP contribution >= 0.6 is 0 Å². The predicted octanol–water partition coefficient (Wildman–Crippen LogP) is 3.66. The van der Waals surface area contributed by atoms with E-state index in [9.17, 15) is 4.79 Å². The smallest absolute Gasteiger partial charge is 0.124 e. The average molecular weight is 180 g/mol. The lowest BCUT2D eigenvalue weighted by molar-refractivity contribution is -0.107. The third kappa shape index (κ3) is 9.06. The molecule has 0 aromatic rings. The second kappa shape index (κ2) is 9.24. The van der Waals surface area contributed by atoms with Gasteiger partial charge in [-0.25, -0.2) is 0 Å². The monoisotopic (exact) mass is 180 g/mol. The molecule has 0 radical (unpaired) electrons. The van der Waals surface area contributed by atoms with Crippen LogP contribution in [0.2, 0.25) is 0 Å². The van der Waals surface area contributed by atoms with E-state index in [1.54, 1.807) is 0 Å². The molecule has 0 atom stereocenters. The van der Waals surface area contributed by atoms with E-state index in [1.165, 1.54) is 19.3 Å². The van der Waals surface area contributed by atoms with Crippen molar-refractivity contribution in [3.8, 4) is 0 Å². The fourth-order valence-electron chi connectivity index (χ4n) is 1.04. The highest BCUT2D eigenvalue weighted by atomic mass is 16.1. The van der Waals surface area contributed by atoms with Crippen molar-refractivity contribution in [3.05, 3.63) is 23.8 Å². The van der Waals surface area contributed by atoms with Crippen LogP contribution in [0, 0.1) is 0 Å². The predicted molar refractivity (Wildman–Crippen MR) is 57.7 cm³/mol. The number of carbonyl (C=O) groups is 1. The maximum absolute atomic E-state index is 10.1. The molecule has 0 saturated carbocycles. The number of carbonyl (C=O) groups excluding carboxylic acids is 1. The van der Waals surface area contributed by atoms with Crippen LogP contribution in [-0.2, 0) is 4.79 Å². The van der Waals surface area contributed by atoms with Gasteiger partial charge in [0.05, 0.1) is 0 Å². The Hall–Kier alpha value is -0.850. The highest BCUT2D eigenvalue weighted by Crippen LogP contribution is 2.01. The molecule has 0 aliphatic rings. The van der Waals surface area contributed by atoms with Crippen molar-refractivity contribution in [3.63, 3.8) is 0 Å². The molecule has 1 nitrogen and oxygen atoms in total. The summed E-state index contributed by atoms with van der Waals surface area (Å²) in [6.07, 6.45) is 12.7. The van der Waals surface area contributed by atoms with Crippen molar-refractivity contribution < 1.29 is 4.79 Å². The molecule has 0 N–H and O–H groups in total. The Balaban J connectivity index is 3.48. The summed E-state index contributed by atoms with van der Waals surface area (Å²) < 4.78 is 0. The van der Waals surface area contributed by atoms with Crippen molar-refractivity contribution in [1.82, 2.24) is 0 Å². The van der Waals surface area contributed by atoms with Gasteiger partial charge in [-0.15, -0.1) is 0 Å². The summed E-state index contributed by atoms with van der Waals surface area (Å²) in [6, 6.07) is 0. The van der Waals surface area contributed by atoms with Gasteiger partial charge in [0.25, 0.3) is 0 Å². The van der Waals surface area contributed by atoms with Crippen LogP contribution in [0.4, 0.5) is 0 Å². The standard InChI is InChI=1S/C12H20O/c1-3-4-5-6-7-8-9-12(2)10-11-13/h7-9,11H,3-6,10H2,1-2H3. The minimum absolute atomic E-state index is 0.555. The third-order valence-electron chi connectivity index (χ3n) is 1.90. The molecule has 0 aromatic carbocycles. The molecular weight excluding hydrogens is 160 g/mol. The van der Waals surface area contributed by atoms with Gasteiger partial charge in [0, 0.05) is 6.42 Å². The molecule has 0 fully saturated rings. The summed E-state index contributed by atoms with van der Waals surface area (Å²) >= 11 is 0. The van der Waals surface area contributed by atoms with Gasteiger partial charge in [0.15, 0.2) is 0 Å². The molecule has 0 bridgehead atoms. The van der Waals surface area contributed by atoms with Gasteiger partial charge in [-0.05, 0) is 19.8 Å². The molecule has 0 saturated heterocycles. The van der Waals surface area contributed by atoms with E-state index >= 15 is 0 Å². The summed E-state index contributed by atoms with van der Waals surface area (Å²) in [5, 5.41) is 0. The molecule has 0 heterocycles. The summed E-state index contributed by atoms with van der Waals surface area (Å²) in [5.74, 6) is 0. The Morgan fingerprint density at radius 3 is 2.69 bits per heavy atom. The molecular formula is C12H20O. The molecule has 13 heavy (non-hydrogen) atoms. The van der Waals surface area contributed by atoms with Crippen molar-refractivity contribution >= 4 is 6.29 Å². The van der Waals surface area contributed by atoms with E-state index < -0.39 is 0 Å². The quantitative estimate of drug-likeness (QED) is 0.332. The second-order valence-corrected chi connectivity index (χ2v) is 3.31. The number of allylic oxidation sites excluding steroid dienone is 4. The maximum Gasteiger partial charge on any atom is 0.124 e. The van der Waals surface area contributed by atoms with Crippen LogP contribution in [0.3, 0.4) is 0 Å². The molecule has 0 rings (SSSR count). The SMILES string of the molecule is CCCCCC=CC=C(C)CC=O. The number of aldehydes is 1. The van der Waals surface area contributed by atoms with Crippen molar-refractivity contribution in [2.45, 2.75) is 46.0 Å². The molecule has 74 valence electrons. The summed E-state index contributed by atoms with van der Waals surface area (Å²) in [6.45, 7) is 4.18. The van der Waals surface area contributed by atoms with Crippen molar-refractivity contribution in [2.75, 3.05) is 0 Å². The molecule has 0 aliphatic carbocycles. The summed E-state index contributed by atoms with van der Waals surface area (Å²) in [5.41, 5.74) is 1.13. The van der Waals surface area contributed by atoms with Crippen LogP contribution in [0.1, 0.15) is 46.0 Å². The topological polar surface area (TPSA) is 17.1 Å². The number of rotatable bonds is 7. The minimum atomic E-state index is 0.555. The fourth-order valence-corrected chi connectivity index (χ4v) is 1.04. The zero-order valence-corrected chi connectivity index (χ0v) is 8.75. The lowest BCUT2D eigenvalue weighted by atomic mass is 10.2.